The van der Waals surface area contributed by atoms with Gasteiger partial charge >= 0.3 is 0 Å². The Morgan fingerprint density at radius 3 is 3.12 bits per heavy atom. The van der Waals surface area contributed by atoms with Crippen LogP contribution in [-0.2, 0) is 16.0 Å². The molecule has 7 heteroatoms. The third kappa shape index (κ3) is 4.66. The molecule has 1 fully saturated rings. The number of hydrogen-bond acceptors (Lipinski definition) is 5. The van der Waals surface area contributed by atoms with E-state index >= 15 is 0 Å². The first kappa shape index (κ1) is 16.7. The molecule has 0 aromatic carbocycles. The largest absolute Gasteiger partial charge is 0.489 e. The summed E-state index contributed by atoms with van der Waals surface area (Å²) in [5.41, 5.74) is 0.770. The Labute approximate surface area is 145 Å². The highest BCUT2D eigenvalue weighted by Crippen LogP contribution is 2.16. The molecule has 0 saturated carbocycles. The standard InChI is InChI=1S/C17H18ClN3O3/c18-13-7-15(10-19-9-13)24-12-16-11-21(5-6-23-16)17(22)8-14-3-1-2-4-20-14/h1-4,7,9-10,16H,5-6,8,11-12H2. The second-order valence-corrected chi connectivity index (χ2v) is 5.92. The molecule has 2 aromatic heterocycles. The zero-order valence-corrected chi connectivity index (χ0v) is 13.9. The molecule has 3 rings (SSSR count). The fourth-order valence-corrected chi connectivity index (χ4v) is 2.64. The predicted molar refractivity (Wildman–Crippen MR) is 89.0 cm³/mol. The van der Waals surface area contributed by atoms with Crippen LogP contribution in [0.25, 0.3) is 0 Å². The Bertz CT molecular complexity index is 684. The monoisotopic (exact) mass is 347 g/mol. The van der Waals surface area contributed by atoms with Gasteiger partial charge in [-0.2, -0.15) is 0 Å². The Balaban J connectivity index is 1.51. The van der Waals surface area contributed by atoms with Crippen molar-refractivity contribution in [2.24, 2.45) is 0 Å². The molecule has 0 N–H and O–H groups in total. The summed E-state index contributed by atoms with van der Waals surface area (Å²) in [7, 11) is 0. The molecular formula is C17H18ClN3O3. The molecule has 1 amide bonds. The van der Waals surface area contributed by atoms with Crippen LogP contribution in [0.2, 0.25) is 5.02 Å². The van der Waals surface area contributed by atoms with Crippen molar-refractivity contribution in [2.45, 2.75) is 12.5 Å². The maximum atomic E-state index is 12.4. The number of pyridine rings is 2. The summed E-state index contributed by atoms with van der Waals surface area (Å²) in [5, 5.41) is 0.518. The summed E-state index contributed by atoms with van der Waals surface area (Å²) in [4.78, 5) is 22.4. The van der Waals surface area contributed by atoms with Gasteiger partial charge in [0.25, 0.3) is 0 Å². The highest BCUT2D eigenvalue weighted by molar-refractivity contribution is 6.30. The van der Waals surface area contributed by atoms with E-state index in [-0.39, 0.29) is 12.0 Å². The van der Waals surface area contributed by atoms with Crippen molar-refractivity contribution in [3.05, 3.63) is 53.6 Å². The van der Waals surface area contributed by atoms with Crippen molar-refractivity contribution in [3.63, 3.8) is 0 Å². The van der Waals surface area contributed by atoms with E-state index in [9.17, 15) is 4.79 Å². The van der Waals surface area contributed by atoms with Crippen LogP contribution < -0.4 is 4.74 Å². The predicted octanol–water partition coefficient (Wildman–Crippen LogP) is 1.98. The summed E-state index contributed by atoms with van der Waals surface area (Å²) >= 11 is 5.88. The number of nitrogens with zero attached hydrogens (tertiary/aromatic N) is 3. The van der Waals surface area contributed by atoms with E-state index in [1.165, 1.54) is 0 Å². The first-order valence-corrected chi connectivity index (χ1v) is 8.11. The van der Waals surface area contributed by atoms with Crippen molar-refractivity contribution in [3.8, 4) is 5.75 Å². The zero-order chi connectivity index (χ0) is 16.8. The van der Waals surface area contributed by atoms with Gasteiger partial charge in [-0.3, -0.25) is 14.8 Å². The third-order valence-electron chi connectivity index (χ3n) is 3.67. The van der Waals surface area contributed by atoms with Crippen LogP contribution in [0.5, 0.6) is 5.75 Å². The molecule has 0 spiro atoms. The molecule has 24 heavy (non-hydrogen) atoms. The van der Waals surface area contributed by atoms with Gasteiger partial charge in [-0.1, -0.05) is 17.7 Å². The molecular weight excluding hydrogens is 330 g/mol. The second kappa shape index (κ2) is 8.08. The van der Waals surface area contributed by atoms with E-state index in [0.29, 0.717) is 43.5 Å². The normalized spacial score (nSPS) is 17.5. The molecule has 2 aromatic rings. The van der Waals surface area contributed by atoms with Gasteiger partial charge < -0.3 is 14.4 Å². The van der Waals surface area contributed by atoms with Crippen molar-refractivity contribution >= 4 is 17.5 Å². The number of rotatable bonds is 5. The minimum atomic E-state index is -0.176. The highest BCUT2D eigenvalue weighted by atomic mass is 35.5. The number of aromatic nitrogens is 2. The van der Waals surface area contributed by atoms with E-state index in [1.54, 1.807) is 29.6 Å². The van der Waals surface area contributed by atoms with Gasteiger partial charge in [0, 0.05) is 30.7 Å². The third-order valence-corrected chi connectivity index (χ3v) is 3.87. The maximum absolute atomic E-state index is 12.4. The molecule has 1 atom stereocenters. The summed E-state index contributed by atoms with van der Waals surface area (Å²) in [6, 6.07) is 7.26. The van der Waals surface area contributed by atoms with Gasteiger partial charge in [0.2, 0.25) is 5.91 Å². The van der Waals surface area contributed by atoms with Gasteiger partial charge in [0.15, 0.2) is 0 Å². The van der Waals surface area contributed by atoms with Gasteiger partial charge in [0.1, 0.15) is 18.5 Å². The SMILES string of the molecule is O=C(Cc1ccccn1)N1CCOC(COc2cncc(Cl)c2)C1. The van der Waals surface area contributed by atoms with Crippen LogP contribution in [-0.4, -0.2) is 53.2 Å². The number of hydrogen-bond donors (Lipinski definition) is 0. The summed E-state index contributed by atoms with van der Waals surface area (Å²) in [6.45, 7) is 1.92. The molecule has 1 aliphatic heterocycles. The van der Waals surface area contributed by atoms with Gasteiger partial charge in [-0.15, -0.1) is 0 Å². The molecule has 6 nitrogen and oxygen atoms in total. The van der Waals surface area contributed by atoms with Crippen LogP contribution in [0.3, 0.4) is 0 Å². The van der Waals surface area contributed by atoms with E-state index in [2.05, 4.69) is 9.97 Å². The lowest BCUT2D eigenvalue weighted by Gasteiger charge is -2.32. The number of carbonyl (C=O) groups is 1. The van der Waals surface area contributed by atoms with Crippen molar-refractivity contribution in [1.82, 2.24) is 14.9 Å². The van der Waals surface area contributed by atoms with Crippen molar-refractivity contribution in [2.75, 3.05) is 26.3 Å². The lowest BCUT2D eigenvalue weighted by atomic mass is 10.2. The van der Waals surface area contributed by atoms with Crippen LogP contribution in [0.15, 0.2) is 42.9 Å². The topological polar surface area (TPSA) is 64.6 Å². The van der Waals surface area contributed by atoms with Crippen LogP contribution in [0.1, 0.15) is 5.69 Å². The number of ether oxygens (including phenoxy) is 2. The van der Waals surface area contributed by atoms with Crippen molar-refractivity contribution in [1.29, 1.82) is 0 Å². The second-order valence-electron chi connectivity index (χ2n) is 5.48. The molecule has 0 bridgehead atoms. The number of morpholine rings is 1. The Kier molecular flexibility index (Phi) is 5.61. The van der Waals surface area contributed by atoms with Crippen LogP contribution in [0, 0.1) is 0 Å². The fraction of sp³-hybridized carbons (Fsp3) is 0.353. The first-order valence-electron chi connectivity index (χ1n) is 7.73. The Morgan fingerprint density at radius 2 is 2.33 bits per heavy atom. The van der Waals surface area contributed by atoms with E-state index in [4.69, 9.17) is 21.1 Å². The molecule has 0 radical (unpaired) electrons. The minimum Gasteiger partial charge on any atom is -0.489 e. The van der Waals surface area contributed by atoms with E-state index < -0.39 is 0 Å². The van der Waals surface area contributed by atoms with E-state index in [0.717, 1.165) is 5.69 Å². The molecule has 0 aliphatic carbocycles. The van der Waals surface area contributed by atoms with Crippen molar-refractivity contribution < 1.29 is 14.3 Å². The Morgan fingerprint density at radius 1 is 1.42 bits per heavy atom. The lowest BCUT2D eigenvalue weighted by Crippen LogP contribution is -2.48. The van der Waals surface area contributed by atoms with Gasteiger partial charge in [-0.05, 0) is 12.1 Å². The fourth-order valence-electron chi connectivity index (χ4n) is 2.48. The van der Waals surface area contributed by atoms with Crippen LogP contribution in [0.4, 0.5) is 0 Å². The van der Waals surface area contributed by atoms with Crippen LogP contribution >= 0.6 is 11.6 Å². The summed E-state index contributed by atoms with van der Waals surface area (Å²) in [5.74, 6) is 0.634. The molecule has 3 heterocycles. The maximum Gasteiger partial charge on any atom is 0.228 e. The molecule has 126 valence electrons. The highest BCUT2D eigenvalue weighted by Gasteiger charge is 2.25. The number of halogens is 1. The lowest BCUT2D eigenvalue weighted by molar-refractivity contribution is -0.139. The minimum absolute atomic E-state index is 0.0476. The number of carbonyl (C=O) groups excluding carboxylic acids is 1. The average molecular weight is 348 g/mol. The molecule has 1 aliphatic rings. The van der Waals surface area contributed by atoms with Gasteiger partial charge in [0.05, 0.1) is 30.8 Å². The summed E-state index contributed by atoms with van der Waals surface area (Å²) in [6.07, 6.45) is 4.96. The number of amides is 1. The first-order chi connectivity index (χ1) is 11.7. The Hall–Kier alpha value is -2.18. The zero-order valence-electron chi connectivity index (χ0n) is 13.1. The molecule has 1 unspecified atom stereocenters. The average Bonchev–Trinajstić information content (AvgIpc) is 2.61. The van der Waals surface area contributed by atoms with Gasteiger partial charge in [-0.25, -0.2) is 0 Å². The quantitative estimate of drug-likeness (QED) is 0.827. The molecule has 1 saturated heterocycles. The summed E-state index contributed by atoms with van der Waals surface area (Å²) < 4.78 is 11.3. The van der Waals surface area contributed by atoms with E-state index in [1.807, 2.05) is 18.2 Å². The smallest absolute Gasteiger partial charge is 0.228 e.